The average molecular weight is 674 g/mol. The summed E-state index contributed by atoms with van der Waals surface area (Å²) in [6, 6.07) is 19.2. The van der Waals surface area contributed by atoms with Gasteiger partial charge in [-0.1, -0.05) is 60.7 Å². The number of benzene rings is 2. The number of alkyl halides is 4. The molecule has 0 aliphatic carbocycles. The Balaban J connectivity index is 1.81. The third kappa shape index (κ3) is 9.41. The molecule has 0 radical (unpaired) electrons. The Morgan fingerprint density at radius 2 is 0.875 bits per heavy atom. The molecule has 1 aliphatic heterocycles. The van der Waals surface area contributed by atoms with Crippen molar-refractivity contribution in [3.05, 3.63) is 71.8 Å². The highest BCUT2D eigenvalue weighted by atomic mass is 35.5. The Morgan fingerprint density at radius 3 is 1.15 bits per heavy atom. The second kappa shape index (κ2) is 17.8. The summed E-state index contributed by atoms with van der Waals surface area (Å²) in [6.45, 7) is 3.19. The molecule has 0 aromatic heterocycles. The van der Waals surface area contributed by atoms with Crippen molar-refractivity contribution in [2.75, 3.05) is 75.9 Å². The molecule has 0 amide bonds. The Kier molecular flexibility index (Phi) is 15.3. The smallest absolute Gasteiger partial charge is 0.301 e. The van der Waals surface area contributed by atoms with Gasteiger partial charge in [-0.2, -0.15) is 0 Å². The first-order chi connectivity index (χ1) is 19.4. The van der Waals surface area contributed by atoms with Crippen LogP contribution in [-0.4, -0.2) is 94.6 Å². The normalized spacial score (nSPS) is 18.1. The monoisotopic (exact) mass is 672 g/mol. The van der Waals surface area contributed by atoms with E-state index in [1.54, 1.807) is 9.34 Å². The summed E-state index contributed by atoms with van der Waals surface area (Å²) in [5, 5.41) is 0. The maximum atomic E-state index is 14.6. The van der Waals surface area contributed by atoms with Crippen molar-refractivity contribution in [2.24, 2.45) is 0 Å². The van der Waals surface area contributed by atoms with E-state index in [0.717, 1.165) is 11.1 Å². The summed E-state index contributed by atoms with van der Waals surface area (Å²) in [5.41, 5.74) is 1.82. The van der Waals surface area contributed by atoms with Gasteiger partial charge in [-0.3, -0.25) is 9.13 Å². The first-order valence-corrected chi connectivity index (χ1v) is 18.4. The van der Waals surface area contributed by atoms with Crippen molar-refractivity contribution in [3.8, 4) is 0 Å². The summed E-state index contributed by atoms with van der Waals surface area (Å²) < 4.78 is 48.7. The number of halogens is 4. The molecule has 1 aliphatic rings. The van der Waals surface area contributed by atoms with Gasteiger partial charge in [0.1, 0.15) is 0 Å². The van der Waals surface area contributed by atoms with Crippen LogP contribution in [0.4, 0.5) is 0 Å². The Labute approximate surface area is 258 Å². The van der Waals surface area contributed by atoms with E-state index >= 15 is 0 Å². The fourth-order valence-corrected chi connectivity index (χ4v) is 10.5. The van der Waals surface area contributed by atoms with E-state index in [0.29, 0.717) is 52.4 Å². The molecule has 2 aromatic rings. The lowest BCUT2D eigenvalue weighted by atomic mass is 10.2. The maximum absolute atomic E-state index is 14.6. The molecule has 2 unspecified atom stereocenters. The van der Waals surface area contributed by atoms with Crippen LogP contribution in [0.15, 0.2) is 60.7 Å². The van der Waals surface area contributed by atoms with Gasteiger partial charge in [0.2, 0.25) is 0 Å². The van der Waals surface area contributed by atoms with Crippen molar-refractivity contribution in [1.29, 1.82) is 0 Å². The molecule has 1 fully saturated rings. The van der Waals surface area contributed by atoms with E-state index in [9.17, 15) is 9.13 Å². The Hall–Kier alpha value is -0.180. The molecule has 8 nitrogen and oxygen atoms in total. The van der Waals surface area contributed by atoms with E-state index in [2.05, 4.69) is 0 Å². The summed E-state index contributed by atoms with van der Waals surface area (Å²) in [4.78, 5) is 0. The minimum atomic E-state index is -3.51. The number of rotatable bonds is 18. The van der Waals surface area contributed by atoms with Crippen LogP contribution in [0.2, 0.25) is 0 Å². The molecule has 0 N–H and O–H groups in total. The van der Waals surface area contributed by atoms with Gasteiger partial charge in [-0.05, 0) is 11.1 Å². The van der Waals surface area contributed by atoms with E-state index in [1.165, 1.54) is 0 Å². The Morgan fingerprint density at radius 1 is 0.575 bits per heavy atom. The average Bonchev–Trinajstić information content (AvgIpc) is 2.99. The molecule has 0 saturated carbocycles. The fraction of sp³-hybridized carbons (Fsp3) is 0.538. The van der Waals surface area contributed by atoms with Gasteiger partial charge in [0.15, 0.2) is 0 Å². The van der Waals surface area contributed by atoms with Crippen LogP contribution < -0.4 is 0 Å². The van der Waals surface area contributed by atoms with Crippen LogP contribution in [0, 0.1) is 0 Å². The first kappa shape index (κ1) is 34.3. The third-order valence-electron chi connectivity index (χ3n) is 6.52. The van der Waals surface area contributed by atoms with Crippen LogP contribution in [0.5, 0.6) is 0 Å². The minimum Gasteiger partial charge on any atom is -0.301 e. The van der Waals surface area contributed by atoms with E-state index < -0.39 is 15.3 Å². The highest BCUT2D eigenvalue weighted by Gasteiger charge is 2.45. The van der Waals surface area contributed by atoms with Crippen molar-refractivity contribution < 1.29 is 18.2 Å². The highest BCUT2D eigenvalue weighted by Crippen LogP contribution is 2.59. The summed E-state index contributed by atoms with van der Waals surface area (Å²) in [6.07, 6.45) is 0. The molecule has 1 heterocycles. The summed E-state index contributed by atoms with van der Waals surface area (Å²) in [5.74, 6) is 1.13. The molecule has 224 valence electrons. The zero-order chi connectivity index (χ0) is 28.8. The minimum absolute atomic E-state index is 0.178. The van der Waals surface area contributed by atoms with Gasteiger partial charge in [-0.25, -0.2) is 18.7 Å². The van der Waals surface area contributed by atoms with E-state index in [-0.39, 0.29) is 36.7 Å². The largest absolute Gasteiger partial charge is 0.346 e. The molecule has 0 bridgehead atoms. The topological polar surface area (TPSA) is 65.6 Å². The first-order valence-electron chi connectivity index (χ1n) is 13.2. The Bertz CT molecular complexity index is 987. The van der Waals surface area contributed by atoms with Crippen LogP contribution in [-0.2, 0) is 31.4 Å². The van der Waals surface area contributed by atoms with Crippen molar-refractivity contribution in [2.45, 2.75) is 13.2 Å². The predicted octanol–water partition coefficient (Wildman–Crippen LogP) is 6.81. The second-order valence-electron chi connectivity index (χ2n) is 9.07. The van der Waals surface area contributed by atoms with Crippen molar-refractivity contribution in [3.63, 3.8) is 0 Å². The molecule has 1 saturated heterocycles. The quantitative estimate of drug-likeness (QED) is 0.126. The standard InChI is InChI=1S/C26H38Cl4N4O4P2/c27-11-15-31(16-12-28)39(35,37-23-25-7-3-1-4-8-25)33-19-21-34(22-20-33)40(36,32(17-13-29)18-14-30)38-24-26-9-5-2-6-10-26/h1-10H,11-24H2. The molecule has 40 heavy (non-hydrogen) atoms. The SMILES string of the molecule is O=P(OCc1ccccc1)(N(CCCl)CCCl)N1CCN(P(=O)(OCc2ccccc2)N(CCCl)CCCl)CC1. The molecule has 2 atom stereocenters. The van der Waals surface area contributed by atoms with Gasteiger partial charge in [0.25, 0.3) is 0 Å². The van der Waals surface area contributed by atoms with Crippen LogP contribution >= 0.6 is 61.7 Å². The van der Waals surface area contributed by atoms with Crippen LogP contribution in [0.3, 0.4) is 0 Å². The van der Waals surface area contributed by atoms with Gasteiger partial charge >= 0.3 is 15.3 Å². The van der Waals surface area contributed by atoms with E-state index in [4.69, 9.17) is 55.5 Å². The molecule has 14 heteroatoms. The third-order valence-corrected chi connectivity index (χ3v) is 12.6. The lowest BCUT2D eigenvalue weighted by Gasteiger charge is -2.45. The second-order valence-corrected chi connectivity index (χ2v) is 15.3. The fourth-order valence-electron chi connectivity index (χ4n) is 4.46. The molecule has 2 aromatic carbocycles. The van der Waals surface area contributed by atoms with Gasteiger partial charge in [0, 0.05) is 75.9 Å². The van der Waals surface area contributed by atoms with Gasteiger partial charge < -0.3 is 9.05 Å². The lowest BCUT2D eigenvalue weighted by molar-refractivity contribution is 0.150. The lowest BCUT2D eigenvalue weighted by Crippen LogP contribution is -2.48. The number of nitrogens with zero attached hydrogens (tertiary/aromatic N) is 4. The van der Waals surface area contributed by atoms with E-state index in [1.807, 2.05) is 70.0 Å². The summed E-state index contributed by atoms with van der Waals surface area (Å²) >= 11 is 24.4. The van der Waals surface area contributed by atoms with Gasteiger partial charge in [0.05, 0.1) is 13.2 Å². The molecular formula is C26H38Cl4N4O4P2. The highest BCUT2D eigenvalue weighted by molar-refractivity contribution is 7.54. The number of hydrogen-bond acceptors (Lipinski definition) is 4. The molecule has 0 spiro atoms. The predicted molar refractivity (Wildman–Crippen MR) is 167 cm³/mol. The summed E-state index contributed by atoms with van der Waals surface area (Å²) in [7, 11) is -7.02. The zero-order valence-electron chi connectivity index (χ0n) is 22.5. The number of piperazine rings is 1. The van der Waals surface area contributed by atoms with Crippen molar-refractivity contribution in [1.82, 2.24) is 18.7 Å². The molecular weight excluding hydrogens is 636 g/mol. The zero-order valence-corrected chi connectivity index (χ0v) is 27.3. The number of hydrogen-bond donors (Lipinski definition) is 0. The van der Waals surface area contributed by atoms with Crippen LogP contribution in [0.25, 0.3) is 0 Å². The maximum Gasteiger partial charge on any atom is 0.346 e. The molecule has 3 rings (SSSR count). The van der Waals surface area contributed by atoms with Gasteiger partial charge in [-0.15, -0.1) is 46.4 Å². The van der Waals surface area contributed by atoms with Crippen molar-refractivity contribution >= 4 is 61.7 Å². The van der Waals surface area contributed by atoms with Crippen LogP contribution in [0.1, 0.15) is 11.1 Å².